The lowest BCUT2D eigenvalue weighted by Gasteiger charge is -2.31. The van der Waals surface area contributed by atoms with E-state index in [1.807, 2.05) is 0 Å². The molecule has 0 saturated heterocycles. The van der Waals surface area contributed by atoms with Crippen molar-refractivity contribution in [1.82, 2.24) is 4.57 Å². The predicted molar refractivity (Wildman–Crippen MR) is 282 cm³/mol. The third-order valence-electron chi connectivity index (χ3n) is 13.7. The van der Waals surface area contributed by atoms with Crippen LogP contribution >= 0.6 is 0 Å². The fraction of sp³-hybridized carbons (Fsp3) is 0.0625. The van der Waals surface area contributed by atoms with Gasteiger partial charge in [0.05, 0.1) is 11.0 Å². The zero-order valence-electron chi connectivity index (χ0n) is 37.3. The average Bonchev–Trinajstić information content (AvgIpc) is 3.73. The van der Waals surface area contributed by atoms with Crippen LogP contribution in [0.3, 0.4) is 0 Å². The van der Waals surface area contributed by atoms with Crippen LogP contribution in [0, 0.1) is 0 Å². The van der Waals surface area contributed by atoms with Gasteiger partial charge in [-0.1, -0.05) is 164 Å². The lowest BCUT2D eigenvalue weighted by atomic mass is 9.76. The molecule has 0 bridgehead atoms. The Morgan fingerprint density at radius 3 is 1.52 bits per heavy atom. The van der Waals surface area contributed by atoms with Gasteiger partial charge in [-0.3, -0.25) is 0 Å². The van der Waals surface area contributed by atoms with E-state index in [-0.39, 0.29) is 0 Å². The number of anilines is 6. The van der Waals surface area contributed by atoms with Crippen molar-refractivity contribution in [3.8, 4) is 27.9 Å². The second-order valence-corrected chi connectivity index (χ2v) is 17.7. The van der Waals surface area contributed by atoms with E-state index in [1.165, 1.54) is 66.4 Å². The summed E-state index contributed by atoms with van der Waals surface area (Å²) in [7, 11) is 0. The van der Waals surface area contributed by atoms with Crippen LogP contribution in [0.25, 0.3) is 49.7 Å². The Morgan fingerprint density at radius 2 is 0.866 bits per heavy atom. The molecule has 0 saturated carbocycles. The summed E-state index contributed by atoms with van der Waals surface area (Å²) in [4.78, 5) is 4.76. The SMILES string of the molecule is c1ccc(CCC2Cc3cc(N(c4ccccc4)c4ccc(-c5ccc(N(c6ccccc6)c6ccc7c8ccccc8n(-c8ccccc8)c7c6)cc5)cc4)ccc3-c3ccccc32)cc1. The summed E-state index contributed by atoms with van der Waals surface area (Å²) in [6.07, 6.45) is 3.22. The topological polar surface area (TPSA) is 11.4 Å². The standard InChI is InChI=1S/C64H49N3/c1-5-17-46(18-6-1)29-30-49-43-50-44-56(39-41-59(50)60-26-14-13-25-58(49)60)65(51-19-7-2-8-20-51)54-35-31-47(32-36-54)48-33-37-55(38-34-48)66(52-21-9-3-10-22-52)57-40-42-62-61-27-15-16-28-63(61)67(64(62)45-57)53-23-11-4-12-24-53/h1-28,31-42,44-45,49H,29-30,43H2. The first-order valence-electron chi connectivity index (χ1n) is 23.5. The summed E-state index contributed by atoms with van der Waals surface area (Å²) in [5, 5.41) is 2.49. The molecule has 1 heterocycles. The lowest BCUT2D eigenvalue weighted by molar-refractivity contribution is 0.616. The Kier molecular flexibility index (Phi) is 10.5. The molecule has 1 aromatic heterocycles. The van der Waals surface area contributed by atoms with E-state index in [2.05, 4.69) is 269 Å². The van der Waals surface area contributed by atoms with Gasteiger partial charge in [-0.05, 0) is 155 Å². The molecular formula is C64H49N3. The average molecular weight is 860 g/mol. The number of fused-ring (bicyclic) bond motifs is 6. The van der Waals surface area contributed by atoms with Crippen molar-refractivity contribution in [2.45, 2.75) is 25.2 Å². The minimum atomic E-state index is 0.464. The molecular weight excluding hydrogens is 811 g/mol. The van der Waals surface area contributed by atoms with Gasteiger partial charge in [-0.2, -0.15) is 0 Å². The quantitative estimate of drug-likeness (QED) is 0.128. The van der Waals surface area contributed by atoms with Crippen molar-refractivity contribution in [1.29, 1.82) is 0 Å². The van der Waals surface area contributed by atoms with Crippen LogP contribution < -0.4 is 9.80 Å². The van der Waals surface area contributed by atoms with E-state index < -0.39 is 0 Å². The molecule has 1 atom stereocenters. The molecule has 0 amide bonds. The van der Waals surface area contributed by atoms with E-state index in [4.69, 9.17) is 0 Å². The highest BCUT2D eigenvalue weighted by Crippen LogP contribution is 2.45. The lowest BCUT2D eigenvalue weighted by Crippen LogP contribution is -2.14. The summed E-state index contributed by atoms with van der Waals surface area (Å²) in [6, 6.07) is 92.9. The van der Waals surface area contributed by atoms with E-state index in [1.54, 1.807) is 0 Å². The molecule has 67 heavy (non-hydrogen) atoms. The summed E-state index contributed by atoms with van der Waals surface area (Å²) in [6.45, 7) is 0. The Labute approximate surface area is 393 Å². The van der Waals surface area contributed by atoms with E-state index in [0.717, 1.165) is 53.4 Å². The monoisotopic (exact) mass is 859 g/mol. The predicted octanol–water partition coefficient (Wildman–Crippen LogP) is 17.3. The summed E-state index contributed by atoms with van der Waals surface area (Å²) < 4.78 is 2.39. The molecule has 11 aromatic rings. The Morgan fingerprint density at radius 1 is 0.373 bits per heavy atom. The normalized spacial score (nSPS) is 13.0. The molecule has 12 rings (SSSR count). The molecule has 1 unspecified atom stereocenters. The van der Waals surface area contributed by atoms with Crippen LogP contribution in [0.5, 0.6) is 0 Å². The van der Waals surface area contributed by atoms with Gasteiger partial charge in [-0.25, -0.2) is 0 Å². The minimum absolute atomic E-state index is 0.464. The first-order valence-corrected chi connectivity index (χ1v) is 23.5. The van der Waals surface area contributed by atoms with Crippen molar-refractivity contribution in [3.05, 3.63) is 271 Å². The Bertz CT molecular complexity index is 3470. The molecule has 10 aromatic carbocycles. The first-order chi connectivity index (χ1) is 33.2. The molecule has 0 radical (unpaired) electrons. The number of hydrogen-bond donors (Lipinski definition) is 0. The Balaban J connectivity index is 0.866. The summed E-state index contributed by atoms with van der Waals surface area (Å²) in [5.41, 5.74) is 19.6. The zero-order chi connectivity index (χ0) is 44.5. The van der Waals surface area contributed by atoms with Crippen LogP contribution in [-0.4, -0.2) is 4.57 Å². The summed E-state index contributed by atoms with van der Waals surface area (Å²) >= 11 is 0. The van der Waals surface area contributed by atoms with Gasteiger partial charge in [0.15, 0.2) is 0 Å². The second kappa shape index (κ2) is 17.5. The van der Waals surface area contributed by atoms with Crippen molar-refractivity contribution in [2.75, 3.05) is 9.80 Å². The fourth-order valence-electron chi connectivity index (χ4n) is 10.5. The molecule has 0 fully saturated rings. The van der Waals surface area contributed by atoms with Gasteiger partial charge in [-0.15, -0.1) is 0 Å². The van der Waals surface area contributed by atoms with Crippen LogP contribution in [0.2, 0.25) is 0 Å². The number of nitrogens with zero attached hydrogens (tertiary/aromatic N) is 3. The number of rotatable bonds is 11. The van der Waals surface area contributed by atoms with E-state index in [9.17, 15) is 0 Å². The molecule has 3 nitrogen and oxygen atoms in total. The first kappa shape index (κ1) is 40.1. The maximum absolute atomic E-state index is 2.44. The fourth-order valence-corrected chi connectivity index (χ4v) is 10.5. The molecule has 1 aliphatic carbocycles. The maximum atomic E-state index is 2.44. The smallest absolute Gasteiger partial charge is 0.0561 e. The number of aryl methyl sites for hydroxylation is 1. The van der Waals surface area contributed by atoms with Gasteiger partial charge in [0.1, 0.15) is 0 Å². The number of hydrogen-bond acceptors (Lipinski definition) is 2. The number of para-hydroxylation sites is 4. The van der Waals surface area contributed by atoms with Gasteiger partial charge in [0.2, 0.25) is 0 Å². The molecule has 1 aliphatic rings. The Hall–Kier alpha value is -8.40. The van der Waals surface area contributed by atoms with Gasteiger partial charge < -0.3 is 14.4 Å². The van der Waals surface area contributed by atoms with E-state index >= 15 is 0 Å². The van der Waals surface area contributed by atoms with Crippen molar-refractivity contribution >= 4 is 55.9 Å². The van der Waals surface area contributed by atoms with Gasteiger partial charge in [0, 0.05) is 50.6 Å². The zero-order valence-corrected chi connectivity index (χ0v) is 37.3. The van der Waals surface area contributed by atoms with Gasteiger partial charge in [0.25, 0.3) is 0 Å². The van der Waals surface area contributed by atoms with Crippen molar-refractivity contribution in [2.24, 2.45) is 0 Å². The minimum Gasteiger partial charge on any atom is -0.310 e. The van der Waals surface area contributed by atoms with Crippen LogP contribution in [0.1, 0.15) is 29.0 Å². The molecule has 0 aliphatic heterocycles. The second-order valence-electron chi connectivity index (χ2n) is 17.7. The van der Waals surface area contributed by atoms with Crippen LogP contribution in [0.4, 0.5) is 34.1 Å². The molecule has 3 heteroatoms. The van der Waals surface area contributed by atoms with E-state index in [0.29, 0.717) is 5.92 Å². The maximum Gasteiger partial charge on any atom is 0.0561 e. The highest BCUT2D eigenvalue weighted by atomic mass is 15.1. The molecule has 320 valence electrons. The van der Waals surface area contributed by atoms with Crippen LogP contribution in [0.15, 0.2) is 255 Å². The highest BCUT2D eigenvalue weighted by molar-refractivity contribution is 6.10. The van der Waals surface area contributed by atoms with Gasteiger partial charge >= 0.3 is 0 Å². The van der Waals surface area contributed by atoms with Crippen molar-refractivity contribution < 1.29 is 0 Å². The largest absolute Gasteiger partial charge is 0.310 e. The third kappa shape index (κ3) is 7.65. The van der Waals surface area contributed by atoms with Crippen LogP contribution in [-0.2, 0) is 12.8 Å². The summed E-state index contributed by atoms with van der Waals surface area (Å²) in [5.74, 6) is 0.464. The third-order valence-corrected chi connectivity index (χ3v) is 13.7. The molecule has 0 N–H and O–H groups in total. The van der Waals surface area contributed by atoms with Crippen molar-refractivity contribution in [3.63, 3.8) is 0 Å². The molecule has 0 spiro atoms. The number of benzene rings is 10. The highest BCUT2D eigenvalue weighted by Gasteiger charge is 2.26. The number of aromatic nitrogens is 1.